The van der Waals surface area contributed by atoms with Gasteiger partial charge in [0, 0.05) is 25.0 Å². The highest BCUT2D eigenvalue weighted by Gasteiger charge is 2.25. The number of aromatic nitrogens is 4. The van der Waals surface area contributed by atoms with Gasteiger partial charge in [0.2, 0.25) is 11.1 Å². The molecule has 1 amide bonds. The van der Waals surface area contributed by atoms with Gasteiger partial charge < -0.3 is 9.47 Å². The summed E-state index contributed by atoms with van der Waals surface area (Å²) in [6, 6.07) is 8.16. The molecule has 1 aliphatic rings. The van der Waals surface area contributed by atoms with Crippen LogP contribution >= 0.6 is 11.8 Å². The van der Waals surface area contributed by atoms with E-state index in [2.05, 4.69) is 47.7 Å². The van der Waals surface area contributed by atoms with Crippen molar-refractivity contribution in [3.63, 3.8) is 0 Å². The van der Waals surface area contributed by atoms with Crippen molar-refractivity contribution in [3.8, 4) is 0 Å². The second-order valence-corrected chi connectivity index (χ2v) is 8.50. The molecule has 0 aliphatic carbocycles. The van der Waals surface area contributed by atoms with Crippen LogP contribution in [-0.4, -0.2) is 49.4 Å². The summed E-state index contributed by atoms with van der Waals surface area (Å²) < 4.78 is 2.15. The minimum absolute atomic E-state index is 0.165. The molecule has 2 aromatic heterocycles. The maximum absolute atomic E-state index is 12.6. The normalized spacial score (nSPS) is 20.5. The number of hydrogen-bond donors (Lipinski definition) is 0. The van der Waals surface area contributed by atoms with Gasteiger partial charge >= 0.3 is 0 Å². The average molecular weight is 384 g/mol. The van der Waals surface area contributed by atoms with Crippen molar-refractivity contribution >= 4 is 39.7 Å². The highest BCUT2D eigenvalue weighted by atomic mass is 32.2. The molecule has 27 heavy (non-hydrogen) atoms. The number of aryl methyl sites for hydroxylation is 1. The molecule has 1 saturated heterocycles. The van der Waals surface area contributed by atoms with E-state index in [1.54, 1.807) is 0 Å². The molecule has 3 aromatic rings. The van der Waals surface area contributed by atoms with E-state index in [-0.39, 0.29) is 5.91 Å². The summed E-state index contributed by atoms with van der Waals surface area (Å²) in [6.45, 7) is 9.05. The smallest absolute Gasteiger partial charge is 0.233 e. The minimum Gasteiger partial charge on any atom is -0.341 e. The summed E-state index contributed by atoms with van der Waals surface area (Å²) in [7, 11) is 0. The molecule has 0 saturated carbocycles. The molecule has 6 nitrogen and oxygen atoms in total. The van der Waals surface area contributed by atoms with Gasteiger partial charge in [0.25, 0.3) is 0 Å². The summed E-state index contributed by atoms with van der Waals surface area (Å²) in [5.41, 5.74) is 2.77. The molecule has 1 aliphatic heterocycles. The second-order valence-electron chi connectivity index (χ2n) is 7.56. The van der Waals surface area contributed by atoms with Gasteiger partial charge in [0.1, 0.15) is 5.52 Å². The summed E-state index contributed by atoms with van der Waals surface area (Å²) in [5.74, 6) is 1.66. The number of carbonyl (C=O) groups excluding carboxylic acids is 1. The molecule has 3 heterocycles. The first-order chi connectivity index (χ1) is 13.1. The number of piperidine rings is 1. The Morgan fingerprint density at radius 1 is 1.19 bits per heavy atom. The first kappa shape index (κ1) is 18.2. The fourth-order valence-corrected chi connectivity index (χ4v) is 4.84. The van der Waals surface area contributed by atoms with E-state index in [4.69, 9.17) is 4.98 Å². The van der Waals surface area contributed by atoms with E-state index in [9.17, 15) is 4.79 Å². The van der Waals surface area contributed by atoms with Crippen LogP contribution in [0.5, 0.6) is 0 Å². The van der Waals surface area contributed by atoms with Crippen molar-refractivity contribution in [2.75, 3.05) is 18.8 Å². The Kier molecular flexibility index (Phi) is 5.04. The topological polar surface area (TPSA) is 63.9 Å². The minimum atomic E-state index is 0.165. The van der Waals surface area contributed by atoms with E-state index in [1.807, 2.05) is 17.0 Å². The van der Waals surface area contributed by atoms with Crippen LogP contribution in [-0.2, 0) is 11.3 Å². The number of amides is 1. The van der Waals surface area contributed by atoms with Crippen molar-refractivity contribution in [1.29, 1.82) is 0 Å². The Morgan fingerprint density at radius 2 is 1.93 bits per heavy atom. The van der Waals surface area contributed by atoms with Gasteiger partial charge in [-0.3, -0.25) is 4.79 Å². The summed E-state index contributed by atoms with van der Waals surface area (Å²) >= 11 is 1.38. The lowest BCUT2D eigenvalue weighted by molar-refractivity contribution is -0.130. The Hall–Kier alpha value is -2.15. The number of rotatable bonds is 4. The number of benzene rings is 1. The molecule has 7 heteroatoms. The fourth-order valence-electron chi connectivity index (χ4n) is 4.15. The van der Waals surface area contributed by atoms with Crippen LogP contribution in [0.25, 0.3) is 22.1 Å². The second kappa shape index (κ2) is 7.46. The van der Waals surface area contributed by atoms with E-state index in [0.717, 1.165) is 41.7 Å². The van der Waals surface area contributed by atoms with Crippen LogP contribution in [0.3, 0.4) is 0 Å². The third-order valence-electron chi connectivity index (χ3n) is 5.22. The molecule has 1 aromatic carbocycles. The standard InChI is InChI=1S/C20H25N5OS/c1-4-25-16-8-6-5-7-15(16)18-19(25)21-20(23-22-18)27-12-17(26)24-10-13(2)9-14(3)11-24/h5-8,13-14H,4,9-12H2,1-3H3/t13-,14-/m1/s1. The fraction of sp³-hybridized carbons (Fsp3) is 0.500. The Bertz CT molecular complexity index is 975. The maximum Gasteiger partial charge on any atom is 0.233 e. The van der Waals surface area contributed by atoms with Gasteiger partial charge in [-0.25, -0.2) is 4.98 Å². The van der Waals surface area contributed by atoms with Gasteiger partial charge in [-0.15, -0.1) is 10.2 Å². The third kappa shape index (κ3) is 3.52. The first-order valence-electron chi connectivity index (χ1n) is 9.59. The van der Waals surface area contributed by atoms with Gasteiger partial charge in [0.05, 0.1) is 11.3 Å². The van der Waals surface area contributed by atoms with E-state index < -0.39 is 0 Å². The summed E-state index contributed by atoms with van der Waals surface area (Å²) in [5, 5.41) is 10.3. The van der Waals surface area contributed by atoms with Gasteiger partial charge in [-0.05, 0) is 31.2 Å². The van der Waals surface area contributed by atoms with Crippen molar-refractivity contribution in [2.45, 2.75) is 38.9 Å². The molecule has 0 radical (unpaired) electrons. The van der Waals surface area contributed by atoms with Gasteiger partial charge in [-0.2, -0.15) is 0 Å². The quantitative estimate of drug-likeness (QED) is 0.644. The molecule has 0 unspecified atom stereocenters. The van der Waals surface area contributed by atoms with Crippen LogP contribution in [0, 0.1) is 11.8 Å². The lowest BCUT2D eigenvalue weighted by Gasteiger charge is -2.34. The molecule has 4 rings (SSSR count). The SMILES string of the molecule is CCn1c2ccccc2c2nnc(SCC(=O)N3C[C@H](C)C[C@@H](C)C3)nc21. The molecule has 1 fully saturated rings. The van der Waals surface area contributed by atoms with E-state index in [1.165, 1.54) is 18.2 Å². The highest BCUT2D eigenvalue weighted by molar-refractivity contribution is 7.99. The van der Waals surface area contributed by atoms with Gasteiger partial charge in [0.15, 0.2) is 5.65 Å². The molecule has 0 bridgehead atoms. The Morgan fingerprint density at radius 3 is 2.67 bits per heavy atom. The van der Waals surface area contributed by atoms with Crippen LogP contribution in [0.1, 0.15) is 27.2 Å². The van der Waals surface area contributed by atoms with Crippen LogP contribution in [0.15, 0.2) is 29.4 Å². The first-order valence-corrected chi connectivity index (χ1v) is 10.6. The van der Waals surface area contributed by atoms with E-state index in [0.29, 0.717) is 22.7 Å². The number of para-hydroxylation sites is 1. The predicted octanol–water partition coefficient (Wildman–Crippen LogP) is 3.60. The summed E-state index contributed by atoms with van der Waals surface area (Å²) in [4.78, 5) is 19.3. The van der Waals surface area contributed by atoms with Crippen molar-refractivity contribution in [1.82, 2.24) is 24.6 Å². The Labute approximate surface area is 163 Å². The number of fused-ring (bicyclic) bond motifs is 3. The zero-order chi connectivity index (χ0) is 19.0. The monoisotopic (exact) mass is 383 g/mol. The lowest BCUT2D eigenvalue weighted by Crippen LogP contribution is -2.43. The molecular formula is C20H25N5OS. The zero-order valence-corrected chi connectivity index (χ0v) is 16.9. The number of carbonyl (C=O) groups is 1. The third-order valence-corrected chi connectivity index (χ3v) is 6.04. The number of hydrogen-bond acceptors (Lipinski definition) is 5. The lowest BCUT2D eigenvalue weighted by atomic mass is 9.92. The zero-order valence-electron chi connectivity index (χ0n) is 16.1. The van der Waals surface area contributed by atoms with Gasteiger partial charge in [-0.1, -0.05) is 43.8 Å². The Balaban J connectivity index is 1.54. The van der Waals surface area contributed by atoms with Crippen molar-refractivity contribution < 1.29 is 4.79 Å². The van der Waals surface area contributed by atoms with Crippen molar-refractivity contribution in [3.05, 3.63) is 24.3 Å². The van der Waals surface area contributed by atoms with Crippen LogP contribution in [0.4, 0.5) is 0 Å². The van der Waals surface area contributed by atoms with Crippen LogP contribution in [0.2, 0.25) is 0 Å². The van der Waals surface area contributed by atoms with Crippen LogP contribution < -0.4 is 0 Å². The molecule has 2 atom stereocenters. The molecule has 0 N–H and O–H groups in total. The number of thioether (sulfide) groups is 1. The molecule has 0 spiro atoms. The summed E-state index contributed by atoms with van der Waals surface area (Å²) in [6.07, 6.45) is 1.20. The predicted molar refractivity (Wildman–Crippen MR) is 109 cm³/mol. The highest BCUT2D eigenvalue weighted by Crippen LogP contribution is 2.27. The number of nitrogens with zero attached hydrogens (tertiary/aromatic N) is 5. The molecule has 142 valence electrons. The van der Waals surface area contributed by atoms with E-state index >= 15 is 0 Å². The van der Waals surface area contributed by atoms with Crippen molar-refractivity contribution in [2.24, 2.45) is 11.8 Å². The largest absolute Gasteiger partial charge is 0.341 e. The molecular weight excluding hydrogens is 358 g/mol. The average Bonchev–Trinajstić information content (AvgIpc) is 2.98. The maximum atomic E-state index is 12.6. The number of likely N-dealkylation sites (tertiary alicyclic amines) is 1.